The third-order valence-electron chi connectivity index (χ3n) is 2.73. The molecule has 88 valence electrons. The van der Waals surface area contributed by atoms with Gasteiger partial charge >= 0.3 is 5.69 Å². The van der Waals surface area contributed by atoms with Crippen LogP contribution in [-0.4, -0.2) is 34.4 Å². The molecule has 2 aromatic rings. The second-order valence-electron chi connectivity index (χ2n) is 3.85. The maximum atomic E-state index is 10.8. The Morgan fingerprint density at radius 1 is 1.41 bits per heavy atom. The molecule has 0 unspecified atom stereocenters. The van der Waals surface area contributed by atoms with Gasteiger partial charge in [-0.05, 0) is 16.4 Å². The van der Waals surface area contributed by atoms with Gasteiger partial charge in [0.05, 0.1) is 16.7 Å². The Morgan fingerprint density at radius 2 is 2.18 bits per heavy atom. The highest BCUT2D eigenvalue weighted by atomic mass is 16.6. The molecule has 0 atom stereocenters. The lowest BCUT2D eigenvalue weighted by atomic mass is 10.1. The molecule has 1 aliphatic rings. The number of fused-ring (bicyclic) bond motifs is 1. The van der Waals surface area contributed by atoms with Crippen molar-refractivity contribution >= 4 is 22.4 Å². The standard InChI is InChI=1S/C9H9N5O3/c15-14(16)7-2-1-6(11-5-3-10-4-5)8-9(7)13-17-12-8/h1-2,5,10-11H,3-4H2. The first kappa shape index (κ1) is 9.97. The van der Waals surface area contributed by atoms with Gasteiger partial charge in [-0.1, -0.05) is 0 Å². The molecule has 0 spiro atoms. The Morgan fingerprint density at radius 3 is 2.82 bits per heavy atom. The van der Waals surface area contributed by atoms with Gasteiger partial charge in [0, 0.05) is 19.2 Å². The molecule has 1 aromatic heterocycles. The van der Waals surface area contributed by atoms with Crippen molar-refractivity contribution in [1.82, 2.24) is 15.6 Å². The van der Waals surface area contributed by atoms with Crippen LogP contribution in [0.4, 0.5) is 11.4 Å². The monoisotopic (exact) mass is 235 g/mol. The molecular weight excluding hydrogens is 226 g/mol. The highest BCUT2D eigenvalue weighted by molar-refractivity contribution is 5.93. The number of non-ortho nitro benzene ring substituents is 1. The molecule has 0 bridgehead atoms. The van der Waals surface area contributed by atoms with E-state index in [0.29, 0.717) is 17.2 Å². The lowest BCUT2D eigenvalue weighted by molar-refractivity contribution is -0.383. The smallest absolute Gasteiger partial charge is 0.300 e. The van der Waals surface area contributed by atoms with Crippen LogP contribution in [0, 0.1) is 10.1 Å². The molecule has 8 heteroatoms. The van der Waals surface area contributed by atoms with E-state index >= 15 is 0 Å². The zero-order chi connectivity index (χ0) is 11.8. The summed E-state index contributed by atoms with van der Waals surface area (Å²) in [6.07, 6.45) is 0. The minimum Gasteiger partial charge on any atom is -0.378 e. The van der Waals surface area contributed by atoms with Crippen LogP contribution in [0.15, 0.2) is 16.8 Å². The van der Waals surface area contributed by atoms with Crippen molar-refractivity contribution in [2.75, 3.05) is 18.4 Å². The van der Waals surface area contributed by atoms with Gasteiger partial charge in [0.1, 0.15) is 0 Å². The molecule has 17 heavy (non-hydrogen) atoms. The van der Waals surface area contributed by atoms with E-state index < -0.39 is 4.92 Å². The van der Waals surface area contributed by atoms with Gasteiger partial charge in [-0.3, -0.25) is 10.1 Å². The van der Waals surface area contributed by atoms with Crippen molar-refractivity contribution < 1.29 is 9.55 Å². The molecule has 1 aliphatic heterocycles. The molecule has 1 fully saturated rings. The third-order valence-corrected chi connectivity index (χ3v) is 2.73. The fourth-order valence-electron chi connectivity index (χ4n) is 1.73. The number of aromatic nitrogens is 2. The van der Waals surface area contributed by atoms with Crippen molar-refractivity contribution in [2.45, 2.75) is 6.04 Å². The van der Waals surface area contributed by atoms with Crippen LogP contribution in [0.3, 0.4) is 0 Å². The first-order chi connectivity index (χ1) is 8.25. The summed E-state index contributed by atoms with van der Waals surface area (Å²) in [6.45, 7) is 1.73. The third kappa shape index (κ3) is 1.58. The number of nitrogens with one attached hydrogen (secondary N) is 2. The minimum absolute atomic E-state index is 0.0986. The van der Waals surface area contributed by atoms with E-state index in [-0.39, 0.29) is 11.2 Å². The molecule has 0 saturated carbocycles. The van der Waals surface area contributed by atoms with Gasteiger partial charge in [0.15, 0.2) is 5.52 Å². The summed E-state index contributed by atoms with van der Waals surface area (Å²) in [5.74, 6) is 0. The Balaban J connectivity index is 2.04. The first-order valence-corrected chi connectivity index (χ1v) is 5.12. The SMILES string of the molecule is O=[N+]([O-])c1ccc(NC2CNC2)c2nonc12. The van der Waals surface area contributed by atoms with E-state index in [4.69, 9.17) is 0 Å². The molecule has 1 aromatic carbocycles. The van der Waals surface area contributed by atoms with Gasteiger partial charge in [-0.2, -0.15) is 0 Å². The predicted molar refractivity (Wildman–Crippen MR) is 58.7 cm³/mol. The fraction of sp³-hybridized carbons (Fsp3) is 0.333. The zero-order valence-electron chi connectivity index (χ0n) is 8.71. The van der Waals surface area contributed by atoms with E-state index in [9.17, 15) is 10.1 Å². The minimum atomic E-state index is -0.499. The van der Waals surface area contributed by atoms with Crippen molar-refractivity contribution in [3.8, 4) is 0 Å². The zero-order valence-corrected chi connectivity index (χ0v) is 8.71. The Bertz CT molecular complexity index is 577. The number of hydrogen-bond donors (Lipinski definition) is 2. The summed E-state index contributed by atoms with van der Waals surface area (Å²) in [7, 11) is 0. The van der Waals surface area contributed by atoms with Crippen molar-refractivity contribution in [1.29, 1.82) is 0 Å². The largest absolute Gasteiger partial charge is 0.378 e. The highest BCUT2D eigenvalue weighted by Crippen LogP contribution is 2.29. The van der Waals surface area contributed by atoms with Crippen molar-refractivity contribution in [3.05, 3.63) is 22.2 Å². The van der Waals surface area contributed by atoms with Crippen LogP contribution in [0.2, 0.25) is 0 Å². The number of anilines is 1. The molecule has 8 nitrogen and oxygen atoms in total. The second-order valence-corrected chi connectivity index (χ2v) is 3.85. The van der Waals surface area contributed by atoms with E-state index in [0.717, 1.165) is 13.1 Å². The molecule has 1 saturated heterocycles. The number of nitro benzene ring substituents is 1. The Hall–Kier alpha value is -2.22. The number of rotatable bonds is 3. The Labute approximate surface area is 95.1 Å². The molecule has 0 aliphatic carbocycles. The van der Waals surface area contributed by atoms with Crippen LogP contribution < -0.4 is 10.6 Å². The lowest BCUT2D eigenvalue weighted by Gasteiger charge is -2.28. The predicted octanol–water partition coefficient (Wildman–Crippen LogP) is 0.515. The first-order valence-electron chi connectivity index (χ1n) is 5.12. The molecular formula is C9H9N5O3. The number of nitrogens with zero attached hydrogens (tertiary/aromatic N) is 3. The molecule has 3 rings (SSSR count). The highest BCUT2D eigenvalue weighted by Gasteiger charge is 2.22. The van der Waals surface area contributed by atoms with Crippen molar-refractivity contribution in [2.24, 2.45) is 0 Å². The summed E-state index contributed by atoms with van der Waals surface area (Å²) >= 11 is 0. The average molecular weight is 235 g/mol. The molecule has 2 heterocycles. The van der Waals surface area contributed by atoms with Crippen LogP contribution in [-0.2, 0) is 0 Å². The lowest BCUT2D eigenvalue weighted by Crippen LogP contribution is -2.51. The van der Waals surface area contributed by atoms with Crippen LogP contribution in [0.5, 0.6) is 0 Å². The fourth-order valence-corrected chi connectivity index (χ4v) is 1.73. The van der Waals surface area contributed by atoms with Gasteiger partial charge in [-0.25, -0.2) is 4.63 Å². The summed E-state index contributed by atoms with van der Waals surface area (Å²) in [4.78, 5) is 10.3. The summed E-state index contributed by atoms with van der Waals surface area (Å²) in [5.41, 5.74) is 1.18. The second kappa shape index (κ2) is 3.67. The average Bonchev–Trinajstić information content (AvgIpc) is 2.71. The quantitative estimate of drug-likeness (QED) is 0.589. The van der Waals surface area contributed by atoms with Crippen LogP contribution in [0.25, 0.3) is 11.0 Å². The van der Waals surface area contributed by atoms with Crippen molar-refractivity contribution in [3.63, 3.8) is 0 Å². The van der Waals surface area contributed by atoms with Gasteiger partial charge < -0.3 is 10.6 Å². The van der Waals surface area contributed by atoms with Gasteiger partial charge in [0.2, 0.25) is 5.52 Å². The summed E-state index contributed by atoms with van der Waals surface area (Å²) < 4.78 is 4.57. The maximum absolute atomic E-state index is 10.8. The number of benzene rings is 1. The summed E-state index contributed by atoms with van der Waals surface area (Å²) in [5, 5.41) is 24.4. The molecule has 0 radical (unpaired) electrons. The maximum Gasteiger partial charge on any atom is 0.300 e. The van der Waals surface area contributed by atoms with E-state index in [1.807, 2.05) is 0 Å². The Kier molecular flexibility index (Phi) is 2.15. The topological polar surface area (TPSA) is 106 Å². The molecule has 0 amide bonds. The molecule has 2 N–H and O–H groups in total. The number of nitro groups is 1. The van der Waals surface area contributed by atoms with Crippen LogP contribution >= 0.6 is 0 Å². The van der Waals surface area contributed by atoms with E-state index in [1.54, 1.807) is 6.07 Å². The normalized spacial score (nSPS) is 15.8. The number of hydrogen-bond acceptors (Lipinski definition) is 7. The van der Waals surface area contributed by atoms with Gasteiger partial charge in [0.25, 0.3) is 0 Å². The van der Waals surface area contributed by atoms with E-state index in [2.05, 4.69) is 25.6 Å². The van der Waals surface area contributed by atoms with Crippen LogP contribution in [0.1, 0.15) is 0 Å². The van der Waals surface area contributed by atoms with Gasteiger partial charge in [-0.15, -0.1) is 0 Å². The summed E-state index contributed by atoms with van der Waals surface area (Å²) in [6, 6.07) is 3.35. The van der Waals surface area contributed by atoms with E-state index in [1.165, 1.54) is 6.07 Å².